The van der Waals surface area contributed by atoms with E-state index in [1.54, 1.807) is 37.3 Å². The van der Waals surface area contributed by atoms with Gasteiger partial charge in [0.2, 0.25) is 0 Å². The Hall–Kier alpha value is -5.21. The molecule has 0 saturated heterocycles. The lowest BCUT2D eigenvalue weighted by atomic mass is 10.0. The van der Waals surface area contributed by atoms with Gasteiger partial charge in [0, 0.05) is 27.4 Å². The summed E-state index contributed by atoms with van der Waals surface area (Å²) in [5.41, 5.74) is 0.109. The van der Waals surface area contributed by atoms with Crippen LogP contribution < -0.4 is 11.1 Å². The highest BCUT2D eigenvalue weighted by molar-refractivity contribution is 9.10. The number of fused-ring (bicyclic) bond motifs is 2. The van der Waals surface area contributed by atoms with Crippen molar-refractivity contribution < 1.29 is 30.2 Å². The zero-order valence-electron chi connectivity index (χ0n) is 23.2. The molecule has 6 aromatic rings. The van der Waals surface area contributed by atoms with Gasteiger partial charge in [-0.25, -0.2) is 14.8 Å². The van der Waals surface area contributed by atoms with Gasteiger partial charge in [0.1, 0.15) is 11.5 Å². The highest BCUT2D eigenvalue weighted by Crippen LogP contribution is 2.36. The van der Waals surface area contributed by atoms with Gasteiger partial charge in [-0.05, 0) is 65.6 Å². The Morgan fingerprint density at radius 3 is 1.87 bits per heavy atom. The van der Waals surface area contributed by atoms with Crippen LogP contribution in [0.15, 0.2) is 97.7 Å². The quantitative estimate of drug-likeness (QED) is 0.129. The van der Waals surface area contributed by atoms with Crippen LogP contribution in [0, 0.1) is 0 Å². The maximum atomic E-state index is 12.2. The minimum Gasteiger partial charge on any atom is -0.507 e. The minimum absolute atomic E-state index is 0.0205. The molecule has 228 valence electrons. The molecule has 14 heteroatoms. The predicted molar refractivity (Wildman–Crippen MR) is 172 cm³/mol. The number of hydrogen-bond donors (Lipinski definition) is 4. The molecule has 0 saturated carbocycles. The Bertz CT molecular complexity index is 2230. The van der Waals surface area contributed by atoms with Crippen molar-refractivity contribution in [1.82, 2.24) is 19.4 Å². The number of carbonyl (C=O) groups is 1. The van der Waals surface area contributed by atoms with Crippen molar-refractivity contribution in [3.63, 3.8) is 0 Å². The molecule has 12 nitrogen and oxygen atoms in total. The number of halogens is 2. The van der Waals surface area contributed by atoms with Crippen LogP contribution in [0.4, 0.5) is 0 Å². The minimum atomic E-state index is -1.10. The Balaban J connectivity index is 0.000000182. The van der Waals surface area contributed by atoms with Crippen molar-refractivity contribution in [1.29, 1.82) is 0 Å². The van der Waals surface area contributed by atoms with Gasteiger partial charge < -0.3 is 25.4 Å². The standard InChI is InChI=1S/C17H13BrN2O5.C14H9BrN2O3/c1-2-25-17(23)13-14(21)12-11(9-4-3-5-10(18)8-9)6-7-19-15(12)20(24)16(13)22;15-9-3-1-2-8(6-9)10-4-5-16-14-13(10)11(18)7-12(19)17(14)20/h3-8,21,24H,2H2,1H3;1-7,18,20H. The summed E-state index contributed by atoms with van der Waals surface area (Å²) in [4.78, 5) is 43.6. The number of aromatic nitrogens is 4. The molecule has 4 heterocycles. The average molecular weight is 738 g/mol. The lowest BCUT2D eigenvalue weighted by Crippen LogP contribution is -2.27. The third-order valence-electron chi connectivity index (χ3n) is 6.62. The van der Waals surface area contributed by atoms with Crippen LogP contribution in [0.25, 0.3) is 44.3 Å². The van der Waals surface area contributed by atoms with Crippen LogP contribution in [0.5, 0.6) is 11.5 Å². The number of rotatable bonds is 4. The second-order valence-electron chi connectivity index (χ2n) is 9.38. The molecule has 0 aliphatic carbocycles. The SMILES string of the molecule is CCOC(=O)c1c(O)c2c(-c3cccc(Br)c3)ccnc2n(O)c1=O.O=c1cc(O)c2c(-c3cccc(Br)c3)ccnc2n1O. The smallest absolute Gasteiger partial charge is 0.347 e. The van der Waals surface area contributed by atoms with E-state index in [9.17, 15) is 35.0 Å². The number of ether oxygens (including phenoxy) is 1. The summed E-state index contributed by atoms with van der Waals surface area (Å²) in [5.74, 6) is -1.80. The topological polar surface area (TPSA) is 177 Å². The van der Waals surface area contributed by atoms with Gasteiger partial charge in [-0.2, -0.15) is 0 Å². The first kappa shape index (κ1) is 31.2. The molecule has 0 atom stereocenters. The van der Waals surface area contributed by atoms with Crippen molar-refractivity contribution in [3.05, 3.63) is 114 Å². The number of nitrogens with zero attached hydrogens (tertiary/aromatic N) is 4. The van der Waals surface area contributed by atoms with Crippen LogP contribution >= 0.6 is 31.9 Å². The van der Waals surface area contributed by atoms with Crippen LogP contribution in [0.1, 0.15) is 17.3 Å². The van der Waals surface area contributed by atoms with Gasteiger partial charge in [-0.3, -0.25) is 9.59 Å². The summed E-state index contributed by atoms with van der Waals surface area (Å²) in [5, 5.41) is 40.8. The van der Waals surface area contributed by atoms with E-state index in [-0.39, 0.29) is 33.8 Å². The monoisotopic (exact) mass is 736 g/mol. The Morgan fingerprint density at radius 1 is 0.800 bits per heavy atom. The fourth-order valence-corrected chi connectivity index (χ4v) is 5.47. The highest BCUT2D eigenvalue weighted by Gasteiger charge is 2.26. The number of esters is 1. The number of benzene rings is 2. The number of aromatic hydroxyl groups is 2. The van der Waals surface area contributed by atoms with Gasteiger partial charge in [0.05, 0.1) is 17.4 Å². The van der Waals surface area contributed by atoms with Gasteiger partial charge in [-0.1, -0.05) is 56.1 Å². The van der Waals surface area contributed by atoms with Crippen LogP contribution in [-0.4, -0.2) is 52.6 Å². The molecule has 0 fully saturated rings. The van der Waals surface area contributed by atoms with E-state index in [1.807, 2.05) is 30.3 Å². The van der Waals surface area contributed by atoms with Gasteiger partial charge in [-0.15, -0.1) is 9.46 Å². The normalized spacial score (nSPS) is 10.8. The lowest BCUT2D eigenvalue weighted by Gasteiger charge is -2.13. The molecule has 0 amide bonds. The van der Waals surface area contributed by atoms with Crippen molar-refractivity contribution in [2.45, 2.75) is 6.92 Å². The predicted octanol–water partition coefficient (Wildman–Crippen LogP) is 5.71. The second-order valence-corrected chi connectivity index (χ2v) is 11.2. The Labute approximate surface area is 270 Å². The summed E-state index contributed by atoms with van der Waals surface area (Å²) >= 11 is 6.75. The summed E-state index contributed by atoms with van der Waals surface area (Å²) in [6, 6.07) is 19.0. The summed E-state index contributed by atoms with van der Waals surface area (Å²) in [7, 11) is 0. The average Bonchev–Trinajstić information content (AvgIpc) is 3.02. The molecule has 2 aromatic carbocycles. The molecule has 0 bridgehead atoms. The summed E-state index contributed by atoms with van der Waals surface area (Å²) in [6.07, 6.45) is 2.87. The van der Waals surface area contributed by atoms with Crippen molar-refractivity contribution in [2.75, 3.05) is 6.61 Å². The maximum Gasteiger partial charge on any atom is 0.347 e. The summed E-state index contributed by atoms with van der Waals surface area (Å²) in [6.45, 7) is 1.59. The zero-order valence-corrected chi connectivity index (χ0v) is 26.4. The highest BCUT2D eigenvalue weighted by atomic mass is 79.9. The van der Waals surface area contributed by atoms with Crippen molar-refractivity contribution in [3.8, 4) is 33.8 Å². The molecule has 0 spiro atoms. The first-order valence-corrected chi connectivity index (χ1v) is 14.7. The summed E-state index contributed by atoms with van der Waals surface area (Å²) < 4.78 is 7.16. The van der Waals surface area contributed by atoms with E-state index >= 15 is 0 Å². The van der Waals surface area contributed by atoms with Gasteiger partial charge in [0.15, 0.2) is 16.9 Å². The molecule has 4 aromatic heterocycles. The number of hydrogen-bond acceptors (Lipinski definition) is 10. The van der Waals surface area contributed by atoms with Crippen LogP contribution in [-0.2, 0) is 4.74 Å². The molecule has 0 unspecified atom stereocenters. The molecule has 0 aliphatic heterocycles. The fourth-order valence-electron chi connectivity index (χ4n) is 4.67. The third-order valence-corrected chi connectivity index (χ3v) is 7.61. The van der Waals surface area contributed by atoms with Gasteiger partial charge in [0.25, 0.3) is 5.56 Å². The van der Waals surface area contributed by atoms with E-state index in [0.717, 1.165) is 20.6 Å². The molecule has 0 aliphatic rings. The molecular weight excluding hydrogens is 716 g/mol. The lowest BCUT2D eigenvalue weighted by molar-refractivity contribution is 0.0515. The van der Waals surface area contributed by atoms with E-state index < -0.39 is 28.4 Å². The van der Waals surface area contributed by atoms with E-state index in [2.05, 4.69) is 41.8 Å². The van der Waals surface area contributed by atoms with Crippen molar-refractivity contribution >= 4 is 59.9 Å². The maximum absolute atomic E-state index is 12.2. The number of carbonyl (C=O) groups excluding carboxylic acids is 1. The Morgan fingerprint density at radius 2 is 1.33 bits per heavy atom. The molecule has 4 N–H and O–H groups in total. The third kappa shape index (κ3) is 5.97. The first-order valence-electron chi connectivity index (χ1n) is 13.1. The van der Waals surface area contributed by atoms with Crippen molar-refractivity contribution in [2.24, 2.45) is 0 Å². The fraction of sp³-hybridized carbons (Fsp3) is 0.0645. The van der Waals surface area contributed by atoms with Crippen LogP contribution in [0.3, 0.4) is 0 Å². The molecule has 45 heavy (non-hydrogen) atoms. The first-order chi connectivity index (χ1) is 21.5. The number of pyridine rings is 4. The van der Waals surface area contributed by atoms with Crippen LogP contribution in [0.2, 0.25) is 0 Å². The largest absolute Gasteiger partial charge is 0.507 e. The molecule has 0 radical (unpaired) electrons. The molecular formula is C31H22Br2N4O8. The van der Waals surface area contributed by atoms with Gasteiger partial charge >= 0.3 is 11.5 Å². The Kier molecular flexibility index (Phi) is 8.88. The second kappa shape index (κ2) is 12.8. The van der Waals surface area contributed by atoms with E-state index in [1.165, 1.54) is 12.4 Å². The van der Waals surface area contributed by atoms with E-state index in [4.69, 9.17) is 4.74 Å². The molecule has 6 rings (SSSR count). The zero-order chi connectivity index (χ0) is 32.4. The van der Waals surface area contributed by atoms with E-state index in [0.29, 0.717) is 26.8 Å².